The number of rotatable bonds is 59. The zero-order valence-electron chi connectivity index (χ0n) is 50.3. The van der Waals surface area contributed by atoms with Crippen LogP contribution in [0.5, 0.6) is 0 Å². The lowest BCUT2D eigenvalue weighted by Crippen LogP contribution is -2.30. The van der Waals surface area contributed by atoms with Crippen LogP contribution >= 0.6 is 0 Å². The molecule has 0 spiro atoms. The molecule has 0 aliphatic carbocycles. The first-order valence-corrected chi connectivity index (χ1v) is 32.6. The maximum absolute atomic E-state index is 12.9. The van der Waals surface area contributed by atoms with Gasteiger partial charge in [0.1, 0.15) is 13.2 Å². The molecule has 0 aliphatic rings. The fourth-order valence-corrected chi connectivity index (χ4v) is 9.23. The van der Waals surface area contributed by atoms with E-state index in [9.17, 15) is 14.4 Å². The molecule has 0 saturated heterocycles. The quantitative estimate of drug-likeness (QED) is 0.0261. The molecule has 0 aliphatic heterocycles. The van der Waals surface area contributed by atoms with E-state index in [4.69, 9.17) is 14.2 Å². The van der Waals surface area contributed by atoms with Gasteiger partial charge in [-0.2, -0.15) is 0 Å². The van der Waals surface area contributed by atoms with Gasteiger partial charge in [-0.1, -0.05) is 279 Å². The Labute approximate surface area is 471 Å². The lowest BCUT2D eigenvalue weighted by Gasteiger charge is -2.18. The number of hydrogen-bond donors (Lipinski definition) is 0. The van der Waals surface area contributed by atoms with Crippen LogP contribution in [0.2, 0.25) is 0 Å². The van der Waals surface area contributed by atoms with Gasteiger partial charge in [0.05, 0.1) is 0 Å². The summed E-state index contributed by atoms with van der Waals surface area (Å²) in [6.45, 7) is 6.46. The minimum atomic E-state index is -0.782. The second-order valence-electron chi connectivity index (χ2n) is 21.6. The SMILES string of the molecule is CC/C=C\C/C=C\C/C=C\C/C=C\CCCCCCCCCCCCCCCCCCCCC(=O)OCC(COC(=O)CCCCCCC/C=C\CCC)OC(=O)CCCCCCCCC/C=C\C/C=C\CCCCC. The largest absolute Gasteiger partial charge is 0.462 e. The first kappa shape index (κ1) is 72.6. The molecule has 0 aromatic carbocycles. The summed E-state index contributed by atoms with van der Waals surface area (Å²) in [7, 11) is 0. The van der Waals surface area contributed by atoms with E-state index in [1.165, 1.54) is 173 Å². The van der Waals surface area contributed by atoms with Crippen molar-refractivity contribution in [3.05, 3.63) is 85.1 Å². The number of carbonyl (C=O) groups excluding carboxylic acids is 3. The predicted molar refractivity (Wildman–Crippen MR) is 330 cm³/mol. The third-order valence-electron chi connectivity index (χ3n) is 14.1. The van der Waals surface area contributed by atoms with Gasteiger partial charge in [-0.15, -0.1) is 0 Å². The first-order valence-electron chi connectivity index (χ1n) is 32.6. The highest BCUT2D eigenvalue weighted by atomic mass is 16.6. The number of carbonyl (C=O) groups is 3. The lowest BCUT2D eigenvalue weighted by atomic mass is 10.0. The predicted octanol–water partition coefficient (Wildman–Crippen LogP) is 22.3. The molecule has 1 unspecified atom stereocenters. The molecule has 0 radical (unpaired) electrons. The molecule has 0 amide bonds. The first-order chi connectivity index (χ1) is 37.5. The van der Waals surface area contributed by atoms with E-state index in [0.717, 1.165) is 109 Å². The van der Waals surface area contributed by atoms with Crippen molar-refractivity contribution in [2.24, 2.45) is 0 Å². The van der Waals surface area contributed by atoms with Crippen molar-refractivity contribution in [1.29, 1.82) is 0 Å². The van der Waals surface area contributed by atoms with Crippen LogP contribution in [0.25, 0.3) is 0 Å². The summed E-state index contributed by atoms with van der Waals surface area (Å²) in [5.74, 6) is -0.886. The van der Waals surface area contributed by atoms with Crippen LogP contribution in [0, 0.1) is 0 Å². The molecule has 0 aromatic rings. The fraction of sp³-hybridized carbons (Fsp3) is 0.757. The number of hydrogen-bond acceptors (Lipinski definition) is 6. The average molecular weight is 1060 g/mol. The Morgan fingerprint density at radius 2 is 0.539 bits per heavy atom. The minimum Gasteiger partial charge on any atom is -0.462 e. The second kappa shape index (κ2) is 64.1. The van der Waals surface area contributed by atoms with E-state index in [2.05, 4.69) is 106 Å². The number of unbranched alkanes of at least 4 members (excludes halogenated alkanes) is 34. The van der Waals surface area contributed by atoms with E-state index >= 15 is 0 Å². The maximum Gasteiger partial charge on any atom is 0.306 e. The molecular formula is C70H122O6. The average Bonchev–Trinajstić information content (AvgIpc) is 3.42. The van der Waals surface area contributed by atoms with E-state index in [1.54, 1.807) is 0 Å². The Kier molecular flexibility index (Phi) is 61.2. The molecule has 0 saturated carbocycles. The highest BCUT2D eigenvalue weighted by Gasteiger charge is 2.19. The van der Waals surface area contributed by atoms with Gasteiger partial charge in [-0.05, 0) is 109 Å². The highest BCUT2D eigenvalue weighted by molar-refractivity contribution is 5.71. The summed E-state index contributed by atoms with van der Waals surface area (Å²) in [5, 5.41) is 0. The Morgan fingerprint density at radius 3 is 0.868 bits per heavy atom. The molecule has 0 bridgehead atoms. The van der Waals surface area contributed by atoms with Gasteiger partial charge in [0.15, 0.2) is 6.10 Å². The van der Waals surface area contributed by atoms with Gasteiger partial charge in [0, 0.05) is 19.3 Å². The minimum absolute atomic E-state index is 0.0793. The van der Waals surface area contributed by atoms with Crippen molar-refractivity contribution in [2.45, 2.75) is 329 Å². The van der Waals surface area contributed by atoms with Gasteiger partial charge in [-0.3, -0.25) is 14.4 Å². The van der Waals surface area contributed by atoms with Crippen molar-refractivity contribution >= 4 is 17.9 Å². The molecule has 0 aromatic heterocycles. The molecular weight excluding hydrogens is 937 g/mol. The van der Waals surface area contributed by atoms with Gasteiger partial charge in [0.2, 0.25) is 0 Å². The molecule has 0 fully saturated rings. The maximum atomic E-state index is 12.9. The number of ether oxygens (including phenoxy) is 3. The topological polar surface area (TPSA) is 78.9 Å². The van der Waals surface area contributed by atoms with E-state index in [0.29, 0.717) is 19.3 Å². The van der Waals surface area contributed by atoms with Gasteiger partial charge in [0.25, 0.3) is 0 Å². The van der Waals surface area contributed by atoms with Crippen molar-refractivity contribution < 1.29 is 28.6 Å². The summed E-state index contributed by atoms with van der Waals surface area (Å²) in [5.41, 5.74) is 0. The van der Waals surface area contributed by atoms with Gasteiger partial charge >= 0.3 is 17.9 Å². The molecule has 0 heterocycles. The number of esters is 3. The van der Waals surface area contributed by atoms with Crippen LogP contribution in [0.3, 0.4) is 0 Å². The molecule has 6 nitrogen and oxygen atoms in total. The summed E-state index contributed by atoms with van der Waals surface area (Å²) in [4.78, 5) is 38.2. The smallest absolute Gasteiger partial charge is 0.306 e. The Morgan fingerprint density at radius 1 is 0.276 bits per heavy atom. The Balaban J connectivity index is 4.13. The molecule has 76 heavy (non-hydrogen) atoms. The molecule has 438 valence electrons. The molecule has 0 rings (SSSR count). The van der Waals surface area contributed by atoms with Gasteiger partial charge < -0.3 is 14.2 Å². The molecule has 6 heteroatoms. The second-order valence-corrected chi connectivity index (χ2v) is 21.6. The van der Waals surface area contributed by atoms with Crippen LogP contribution in [0.1, 0.15) is 323 Å². The third-order valence-corrected chi connectivity index (χ3v) is 14.1. The zero-order chi connectivity index (χ0) is 55.0. The van der Waals surface area contributed by atoms with Crippen molar-refractivity contribution in [3.8, 4) is 0 Å². The van der Waals surface area contributed by atoms with E-state index < -0.39 is 6.10 Å². The molecule has 0 N–H and O–H groups in total. The van der Waals surface area contributed by atoms with Crippen molar-refractivity contribution in [1.82, 2.24) is 0 Å². The number of allylic oxidation sites excluding steroid dienone is 14. The lowest BCUT2D eigenvalue weighted by molar-refractivity contribution is -0.167. The van der Waals surface area contributed by atoms with Crippen LogP contribution in [0.4, 0.5) is 0 Å². The van der Waals surface area contributed by atoms with Gasteiger partial charge in [-0.25, -0.2) is 0 Å². The monoisotopic (exact) mass is 1060 g/mol. The van der Waals surface area contributed by atoms with Crippen molar-refractivity contribution in [3.63, 3.8) is 0 Å². The summed E-state index contributed by atoms with van der Waals surface area (Å²) in [6.07, 6.45) is 84.7. The standard InChI is InChI=1S/C70H122O6/c1-4-7-10-13-16-19-22-24-26-28-29-30-31-32-33-34-35-36-37-38-39-40-41-43-44-46-48-51-54-57-60-63-69(72)75-66-67(65-74-68(71)62-59-56-53-50-21-18-15-12-9-6-3)76-70(73)64-61-58-55-52-49-47-45-42-27-25-23-20-17-14-11-8-5-2/h7,10,12,15-17,19-20,24-27,29-30,67H,4-6,8-9,11,13-14,18,21-23,28,31-66H2,1-3H3/b10-7-,15-12-,19-16-,20-17-,26-24-,27-25-,30-29-. The van der Waals surface area contributed by atoms with Crippen LogP contribution in [0.15, 0.2) is 85.1 Å². The van der Waals surface area contributed by atoms with E-state index in [1.807, 2.05) is 0 Å². The third kappa shape index (κ3) is 61.4. The summed E-state index contributed by atoms with van der Waals surface area (Å²) < 4.78 is 16.9. The Hall–Kier alpha value is -3.41. The zero-order valence-corrected chi connectivity index (χ0v) is 50.3. The van der Waals surface area contributed by atoms with Crippen LogP contribution < -0.4 is 0 Å². The van der Waals surface area contributed by atoms with Crippen LogP contribution in [-0.2, 0) is 28.6 Å². The Bertz CT molecular complexity index is 1450. The van der Waals surface area contributed by atoms with Crippen LogP contribution in [-0.4, -0.2) is 37.2 Å². The fourth-order valence-electron chi connectivity index (χ4n) is 9.23. The molecule has 1 atom stereocenters. The normalized spacial score (nSPS) is 12.6. The highest BCUT2D eigenvalue weighted by Crippen LogP contribution is 2.17. The summed E-state index contributed by atoms with van der Waals surface area (Å²) >= 11 is 0. The summed E-state index contributed by atoms with van der Waals surface area (Å²) in [6, 6.07) is 0. The van der Waals surface area contributed by atoms with Crippen molar-refractivity contribution in [2.75, 3.05) is 13.2 Å². The van der Waals surface area contributed by atoms with E-state index in [-0.39, 0.29) is 31.1 Å².